The van der Waals surface area contributed by atoms with E-state index in [1.807, 2.05) is 30.3 Å². The predicted octanol–water partition coefficient (Wildman–Crippen LogP) is 3.09. The molecule has 2 heterocycles. The summed E-state index contributed by atoms with van der Waals surface area (Å²) < 4.78 is 45.7. The molecule has 0 radical (unpaired) electrons. The van der Waals surface area contributed by atoms with E-state index in [1.54, 1.807) is 4.90 Å². The van der Waals surface area contributed by atoms with Crippen molar-refractivity contribution < 1.29 is 27.5 Å². The van der Waals surface area contributed by atoms with Crippen LogP contribution in [0.3, 0.4) is 0 Å². The zero-order valence-electron chi connectivity index (χ0n) is 18.0. The van der Waals surface area contributed by atoms with Crippen LogP contribution in [0.2, 0.25) is 0 Å². The quantitative estimate of drug-likeness (QED) is 0.595. The summed E-state index contributed by atoms with van der Waals surface area (Å²) in [5, 5.41) is 10.3. The lowest BCUT2D eigenvalue weighted by Crippen LogP contribution is -2.46. The summed E-state index contributed by atoms with van der Waals surface area (Å²) in [5.74, 6) is -0.630. The molecule has 1 aliphatic heterocycles. The van der Waals surface area contributed by atoms with E-state index >= 15 is 0 Å². The summed E-state index contributed by atoms with van der Waals surface area (Å²) in [6.45, 7) is 0.557. The Morgan fingerprint density at radius 3 is 2.50 bits per heavy atom. The van der Waals surface area contributed by atoms with Gasteiger partial charge in [-0.1, -0.05) is 29.5 Å². The van der Waals surface area contributed by atoms with Crippen molar-refractivity contribution in [2.45, 2.75) is 25.1 Å². The standard InChI is InChI=1S/C23H22F3N5O3/c24-23(25,26)16-5-4-8-19(13-16)34-18-9-11-30(12-10-18)21(32)14-27-22(33)20-15-31(29-28-20)17-6-2-1-3-7-17/h1-8,13,15,18H,9-12,14H2,(H,27,33). The molecule has 3 aromatic rings. The van der Waals surface area contributed by atoms with E-state index in [-0.39, 0.29) is 30.0 Å². The minimum Gasteiger partial charge on any atom is -0.490 e. The maximum Gasteiger partial charge on any atom is 0.416 e. The van der Waals surface area contributed by atoms with Crippen LogP contribution in [0.15, 0.2) is 60.8 Å². The first-order valence-corrected chi connectivity index (χ1v) is 10.7. The number of hydrogen-bond donors (Lipinski definition) is 1. The van der Waals surface area contributed by atoms with Crippen LogP contribution in [0.5, 0.6) is 5.75 Å². The van der Waals surface area contributed by atoms with Crippen LogP contribution in [0.25, 0.3) is 5.69 Å². The second kappa shape index (κ2) is 9.94. The fourth-order valence-electron chi connectivity index (χ4n) is 3.59. The van der Waals surface area contributed by atoms with Gasteiger partial charge in [0, 0.05) is 25.9 Å². The zero-order chi connectivity index (χ0) is 24.1. The van der Waals surface area contributed by atoms with E-state index < -0.39 is 17.6 Å². The first-order chi connectivity index (χ1) is 16.3. The topological polar surface area (TPSA) is 89.4 Å². The van der Waals surface area contributed by atoms with Crippen LogP contribution in [0.1, 0.15) is 28.9 Å². The summed E-state index contributed by atoms with van der Waals surface area (Å²) in [4.78, 5) is 26.4. The number of nitrogens with zero attached hydrogens (tertiary/aromatic N) is 4. The Morgan fingerprint density at radius 2 is 1.79 bits per heavy atom. The maximum atomic E-state index is 12.9. The monoisotopic (exact) mass is 473 g/mol. The molecule has 2 amide bonds. The second-order valence-corrected chi connectivity index (χ2v) is 7.79. The number of rotatable bonds is 6. The Balaban J connectivity index is 1.23. The Kier molecular flexibility index (Phi) is 6.80. The van der Waals surface area contributed by atoms with Crippen molar-refractivity contribution in [3.8, 4) is 11.4 Å². The third-order valence-electron chi connectivity index (χ3n) is 5.41. The number of carbonyl (C=O) groups excluding carboxylic acids is 2. The van der Waals surface area contributed by atoms with Crippen LogP contribution in [0, 0.1) is 0 Å². The number of piperidine rings is 1. The second-order valence-electron chi connectivity index (χ2n) is 7.79. The van der Waals surface area contributed by atoms with Crippen LogP contribution in [0.4, 0.5) is 13.2 Å². The smallest absolute Gasteiger partial charge is 0.416 e. The molecule has 34 heavy (non-hydrogen) atoms. The molecule has 0 saturated carbocycles. The lowest BCUT2D eigenvalue weighted by atomic mass is 10.1. The number of ether oxygens (including phenoxy) is 1. The number of aromatic nitrogens is 3. The Labute approximate surface area is 193 Å². The lowest BCUT2D eigenvalue weighted by Gasteiger charge is -2.32. The molecule has 178 valence electrons. The van der Waals surface area contributed by atoms with Gasteiger partial charge in [-0.3, -0.25) is 9.59 Å². The van der Waals surface area contributed by atoms with Gasteiger partial charge >= 0.3 is 6.18 Å². The third kappa shape index (κ3) is 5.72. The highest BCUT2D eigenvalue weighted by Crippen LogP contribution is 2.32. The molecule has 4 rings (SSSR count). The van der Waals surface area contributed by atoms with Gasteiger partial charge in [0.1, 0.15) is 11.9 Å². The number of benzene rings is 2. The van der Waals surface area contributed by atoms with E-state index in [4.69, 9.17) is 4.74 Å². The third-order valence-corrected chi connectivity index (χ3v) is 5.41. The van der Waals surface area contributed by atoms with Crippen molar-refractivity contribution in [1.82, 2.24) is 25.2 Å². The van der Waals surface area contributed by atoms with Crippen molar-refractivity contribution in [2.75, 3.05) is 19.6 Å². The minimum atomic E-state index is -4.44. The van der Waals surface area contributed by atoms with Crippen LogP contribution in [-0.2, 0) is 11.0 Å². The van der Waals surface area contributed by atoms with Crippen molar-refractivity contribution in [2.24, 2.45) is 0 Å². The lowest BCUT2D eigenvalue weighted by molar-refractivity contribution is -0.138. The summed E-state index contributed by atoms with van der Waals surface area (Å²) in [7, 11) is 0. The number of nitrogens with one attached hydrogen (secondary N) is 1. The average molecular weight is 473 g/mol. The van der Waals surface area contributed by atoms with Crippen molar-refractivity contribution in [3.05, 3.63) is 72.1 Å². The summed E-state index contributed by atoms with van der Waals surface area (Å²) >= 11 is 0. The van der Waals surface area contributed by atoms with Gasteiger partial charge in [-0.05, 0) is 30.3 Å². The van der Waals surface area contributed by atoms with Crippen molar-refractivity contribution >= 4 is 11.8 Å². The number of hydrogen-bond acceptors (Lipinski definition) is 5. The highest BCUT2D eigenvalue weighted by Gasteiger charge is 2.31. The molecule has 8 nitrogen and oxygen atoms in total. The molecular formula is C23H22F3N5O3. The SMILES string of the molecule is O=C(NCC(=O)N1CCC(Oc2cccc(C(F)(F)F)c2)CC1)c1cn(-c2ccccc2)nn1. The van der Waals surface area contributed by atoms with Crippen LogP contribution < -0.4 is 10.1 Å². The summed E-state index contributed by atoms with van der Waals surface area (Å²) in [6.07, 6.45) is -2.31. The normalized spacial score (nSPS) is 14.6. The molecule has 2 aromatic carbocycles. The Bertz CT molecular complexity index is 1140. The van der Waals surface area contributed by atoms with E-state index in [1.165, 1.54) is 23.0 Å². The summed E-state index contributed by atoms with van der Waals surface area (Å²) in [5.41, 5.74) is 0.0716. The molecule has 0 unspecified atom stereocenters. The van der Waals surface area contributed by atoms with Gasteiger partial charge in [-0.15, -0.1) is 5.10 Å². The molecule has 1 saturated heterocycles. The van der Waals surface area contributed by atoms with Crippen LogP contribution >= 0.6 is 0 Å². The number of amides is 2. The van der Waals surface area contributed by atoms with Gasteiger partial charge in [-0.25, -0.2) is 4.68 Å². The first kappa shape index (κ1) is 23.3. The van der Waals surface area contributed by atoms with Gasteiger partial charge in [0.05, 0.1) is 24.0 Å². The Hall–Kier alpha value is -3.89. The zero-order valence-corrected chi connectivity index (χ0v) is 18.0. The van der Waals surface area contributed by atoms with Gasteiger partial charge < -0.3 is 15.0 Å². The Morgan fingerprint density at radius 1 is 1.06 bits per heavy atom. The van der Waals surface area contributed by atoms with E-state index in [2.05, 4.69) is 15.6 Å². The molecule has 0 aliphatic carbocycles. The molecule has 11 heteroatoms. The number of alkyl halides is 3. The minimum absolute atomic E-state index is 0.0878. The molecule has 0 bridgehead atoms. The number of para-hydroxylation sites is 1. The number of carbonyl (C=O) groups is 2. The van der Waals surface area contributed by atoms with Crippen LogP contribution in [-0.4, -0.2) is 57.4 Å². The van der Waals surface area contributed by atoms with Crippen molar-refractivity contribution in [1.29, 1.82) is 0 Å². The van der Waals surface area contributed by atoms with E-state index in [0.717, 1.165) is 17.8 Å². The molecule has 1 aliphatic rings. The molecular weight excluding hydrogens is 451 g/mol. The maximum absolute atomic E-state index is 12.9. The van der Waals surface area contributed by atoms with Gasteiger partial charge in [0.25, 0.3) is 5.91 Å². The highest BCUT2D eigenvalue weighted by molar-refractivity contribution is 5.94. The average Bonchev–Trinajstić information content (AvgIpc) is 3.34. The molecule has 1 fully saturated rings. The molecule has 0 spiro atoms. The highest BCUT2D eigenvalue weighted by atomic mass is 19.4. The van der Waals surface area contributed by atoms with Gasteiger partial charge in [0.2, 0.25) is 5.91 Å². The molecule has 0 atom stereocenters. The van der Waals surface area contributed by atoms with E-state index in [9.17, 15) is 22.8 Å². The molecule has 1 N–H and O–H groups in total. The van der Waals surface area contributed by atoms with Gasteiger partial charge in [0.15, 0.2) is 5.69 Å². The largest absolute Gasteiger partial charge is 0.490 e. The fraction of sp³-hybridized carbons (Fsp3) is 0.304. The van der Waals surface area contributed by atoms with E-state index in [0.29, 0.717) is 25.9 Å². The fourth-order valence-corrected chi connectivity index (χ4v) is 3.59. The number of halogens is 3. The summed E-state index contributed by atoms with van der Waals surface area (Å²) in [6, 6.07) is 13.9. The molecule has 1 aromatic heterocycles. The number of likely N-dealkylation sites (tertiary alicyclic amines) is 1. The first-order valence-electron chi connectivity index (χ1n) is 10.7. The van der Waals surface area contributed by atoms with Crippen molar-refractivity contribution in [3.63, 3.8) is 0 Å². The predicted molar refractivity (Wildman–Crippen MR) is 115 cm³/mol. The van der Waals surface area contributed by atoms with Gasteiger partial charge in [-0.2, -0.15) is 13.2 Å².